The number of hydrogen-bond acceptors (Lipinski definition) is 2. The lowest BCUT2D eigenvalue weighted by Gasteiger charge is -2.36. The highest BCUT2D eigenvalue weighted by molar-refractivity contribution is 6.29. The first-order chi connectivity index (χ1) is 8.70. The van der Waals surface area contributed by atoms with Gasteiger partial charge in [0, 0.05) is 43.3 Å². The van der Waals surface area contributed by atoms with Gasteiger partial charge in [-0.3, -0.25) is 4.79 Å². The van der Waals surface area contributed by atoms with Crippen LogP contribution in [-0.4, -0.2) is 47.8 Å². The molecule has 1 heterocycles. The van der Waals surface area contributed by atoms with Crippen LogP contribution in [0.2, 0.25) is 0 Å². The van der Waals surface area contributed by atoms with Crippen LogP contribution in [0.4, 0.5) is 0 Å². The van der Waals surface area contributed by atoms with E-state index in [4.69, 9.17) is 23.2 Å². The Kier molecular flexibility index (Phi) is 4.72. The van der Waals surface area contributed by atoms with Gasteiger partial charge >= 0.3 is 0 Å². The fourth-order valence-electron chi connectivity index (χ4n) is 2.10. The van der Waals surface area contributed by atoms with Gasteiger partial charge in [-0.25, -0.2) is 0 Å². The van der Waals surface area contributed by atoms with Crippen molar-refractivity contribution in [2.24, 2.45) is 0 Å². The van der Waals surface area contributed by atoms with Gasteiger partial charge < -0.3 is 9.80 Å². The molecular weight excluding hydrogens is 271 g/mol. The Labute approximate surface area is 117 Å². The molecule has 1 aliphatic carbocycles. The van der Waals surface area contributed by atoms with Crippen LogP contribution in [0, 0.1) is 0 Å². The van der Waals surface area contributed by atoms with E-state index in [0.29, 0.717) is 0 Å². The van der Waals surface area contributed by atoms with E-state index in [1.54, 1.807) is 0 Å². The van der Waals surface area contributed by atoms with Gasteiger partial charge in [-0.2, -0.15) is 0 Å². The van der Waals surface area contributed by atoms with Crippen molar-refractivity contribution in [2.45, 2.75) is 6.42 Å². The highest BCUT2D eigenvalue weighted by atomic mass is 35.5. The molecule has 0 N–H and O–H groups in total. The maximum atomic E-state index is 11.5. The Hall–Kier alpha value is -0.930. The molecule has 98 valence electrons. The third-order valence-electron chi connectivity index (χ3n) is 3.15. The van der Waals surface area contributed by atoms with Crippen molar-refractivity contribution in [1.82, 2.24) is 9.80 Å². The summed E-state index contributed by atoms with van der Waals surface area (Å²) in [4.78, 5) is 15.5. The van der Waals surface area contributed by atoms with Crippen molar-refractivity contribution >= 4 is 29.1 Å². The standard InChI is InChI=1S/C13H16Cl2N2O/c14-10-13(18)17-8-6-16(7-9-17)12-3-1-2-11(15)4-5-12/h1,3-5H,2,6-10H2. The second-order valence-corrected chi connectivity index (χ2v) is 5.07. The zero-order chi connectivity index (χ0) is 13.0. The van der Waals surface area contributed by atoms with Crippen molar-refractivity contribution in [2.75, 3.05) is 32.1 Å². The molecule has 0 spiro atoms. The van der Waals surface area contributed by atoms with E-state index in [-0.39, 0.29) is 11.8 Å². The van der Waals surface area contributed by atoms with Gasteiger partial charge in [0.05, 0.1) is 0 Å². The lowest BCUT2D eigenvalue weighted by molar-refractivity contribution is -0.129. The number of halogens is 2. The van der Waals surface area contributed by atoms with Crippen LogP contribution in [0.5, 0.6) is 0 Å². The number of nitrogens with zero attached hydrogens (tertiary/aromatic N) is 2. The molecule has 18 heavy (non-hydrogen) atoms. The molecule has 0 atom stereocenters. The molecule has 0 aromatic carbocycles. The number of piperazine rings is 1. The van der Waals surface area contributed by atoms with Crippen molar-refractivity contribution in [1.29, 1.82) is 0 Å². The van der Waals surface area contributed by atoms with Gasteiger partial charge in [-0.15, -0.1) is 11.6 Å². The van der Waals surface area contributed by atoms with Gasteiger partial charge in [-0.05, 0) is 18.2 Å². The largest absolute Gasteiger partial charge is 0.368 e. The van der Waals surface area contributed by atoms with Crippen LogP contribution in [0.15, 0.2) is 35.0 Å². The van der Waals surface area contributed by atoms with Crippen LogP contribution in [0.25, 0.3) is 0 Å². The molecule has 1 fully saturated rings. The minimum absolute atomic E-state index is 0.0182. The maximum absolute atomic E-state index is 11.5. The number of hydrogen-bond donors (Lipinski definition) is 0. The number of alkyl halides is 1. The van der Waals surface area contributed by atoms with Crippen LogP contribution in [0.1, 0.15) is 6.42 Å². The van der Waals surface area contributed by atoms with Gasteiger partial charge in [0.2, 0.25) is 5.91 Å². The van der Waals surface area contributed by atoms with Crippen LogP contribution in [0.3, 0.4) is 0 Å². The first-order valence-corrected chi connectivity index (χ1v) is 6.93. The summed E-state index contributed by atoms with van der Waals surface area (Å²) in [6, 6.07) is 0. The fraction of sp³-hybridized carbons (Fsp3) is 0.462. The molecule has 0 radical (unpaired) electrons. The fourth-order valence-corrected chi connectivity index (χ4v) is 2.42. The Morgan fingerprint density at radius 1 is 1.22 bits per heavy atom. The van der Waals surface area contributed by atoms with E-state index < -0.39 is 0 Å². The van der Waals surface area contributed by atoms with Crippen molar-refractivity contribution in [3.63, 3.8) is 0 Å². The molecule has 0 bridgehead atoms. The first kappa shape index (κ1) is 13.5. The summed E-state index contributed by atoms with van der Waals surface area (Å²) in [6.45, 7) is 3.14. The van der Waals surface area contributed by atoms with E-state index in [1.807, 2.05) is 17.1 Å². The zero-order valence-corrected chi connectivity index (χ0v) is 11.6. The van der Waals surface area contributed by atoms with E-state index in [9.17, 15) is 4.79 Å². The third kappa shape index (κ3) is 3.30. The zero-order valence-electron chi connectivity index (χ0n) is 10.1. The average Bonchev–Trinajstić information content (AvgIpc) is 2.63. The minimum Gasteiger partial charge on any atom is -0.368 e. The predicted octanol–water partition coefficient (Wildman–Crippen LogP) is 2.34. The summed E-state index contributed by atoms with van der Waals surface area (Å²) in [6.07, 6.45) is 8.91. The Bertz CT molecular complexity index is 407. The number of amides is 1. The second kappa shape index (κ2) is 6.30. The number of rotatable bonds is 2. The molecule has 0 saturated carbocycles. The molecule has 0 aromatic rings. The van der Waals surface area contributed by atoms with Crippen molar-refractivity contribution in [3.8, 4) is 0 Å². The van der Waals surface area contributed by atoms with E-state index >= 15 is 0 Å². The molecule has 2 aliphatic rings. The SMILES string of the molecule is O=C(CCl)N1CCN(C2=CC=C(Cl)CC=C2)CC1. The summed E-state index contributed by atoms with van der Waals surface area (Å²) in [5, 5.41) is 0.845. The smallest absolute Gasteiger partial charge is 0.237 e. The molecule has 2 rings (SSSR count). The van der Waals surface area contributed by atoms with Gasteiger partial charge in [-0.1, -0.05) is 17.7 Å². The second-order valence-electron chi connectivity index (χ2n) is 4.31. The summed E-state index contributed by atoms with van der Waals surface area (Å²) in [7, 11) is 0. The van der Waals surface area contributed by atoms with Crippen molar-refractivity contribution in [3.05, 3.63) is 35.0 Å². The molecule has 0 unspecified atom stereocenters. The monoisotopic (exact) mass is 286 g/mol. The predicted molar refractivity (Wildman–Crippen MR) is 74.6 cm³/mol. The van der Waals surface area contributed by atoms with Crippen molar-refractivity contribution < 1.29 is 4.79 Å². The number of allylic oxidation sites excluding steroid dienone is 5. The summed E-state index contributed by atoms with van der Waals surface area (Å²) >= 11 is 11.5. The number of carbonyl (C=O) groups is 1. The highest BCUT2D eigenvalue weighted by Crippen LogP contribution is 2.18. The normalized spacial score (nSPS) is 20.3. The van der Waals surface area contributed by atoms with E-state index in [0.717, 1.165) is 43.3 Å². The lowest BCUT2D eigenvalue weighted by atomic mass is 10.2. The summed E-state index contributed by atoms with van der Waals surface area (Å²) in [5.74, 6) is 0.0886. The van der Waals surface area contributed by atoms with Gasteiger partial charge in [0.25, 0.3) is 0 Å². The van der Waals surface area contributed by atoms with Crippen LogP contribution >= 0.6 is 23.2 Å². The Morgan fingerprint density at radius 2 is 1.94 bits per heavy atom. The van der Waals surface area contributed by atoms with E-state index in [1.165, 1.54) is 0 Å². The topological polar surface area (TPSA) is 23.6 Å². The molecule has 3 nitrogen and oxygen atoms in total. The summed E-state index contributed by atoms with van der Waals surface area (Å²) < 4.78 is 0. The van der Waals surface area contributed by atoms with Gasteiger partial charge in [0.15, 0.2) is 0 Å². The summed E-state index contributed by atoms with van der Waals surface area (Å²) in [5.41, 5.74) is 1.16. The third-order valence-corrected chi connectivity index (χ3v) is 3.66. The van der Waals surface area contributed by atoms with Gasteiger partial charge in [0.1, 0.15) is 5.88 Å². The number of carbonyl (C=O) groups excluding carboxylic acids is 1. The first-order valence-electron chi connectivity index (χ1n) is 6.02. The van der Waals surface area contributed by atoms with E-state index in [2.05, 4.69) is 17.1 Å². The molecular formula is C13H16Cl2N2O. The Balaban J connectivity index is 1.96. The van der Waals surface area contributed by atoms with Crippen LogP contribution < -0.4 is 0 Å². The lowest BCUT2D eigenvalue weighted by Crippen LogP contribution is -2.48. The quantitative estimate of drug-likeness (QED) is 0.728. The molecule has 1 amide bonds. The minimum atomic E-state index is 0.0182. The van der Waals surface area contributed by atoms with Crippen LogP contribution in [-0.2, 0) is 4.79 Å². The average molecular weight is 287 g/mol. The molecule has 1 saturated heterocycles. The Morgan fingerprint density at radius 3 is 2.61 bits per heavy atom. The maximum Gasteiger partial charge on any atom is 0.237 e. The molecule has 1 aliphatic heterocycles. The molecule has 0 aromatic heterocycles. The highest BCUT2D eigenvalue weighted by Gasteiger charge is 2.20. The molecule has 5 heteroatoms.